The van der Waals surface area contributed by atoms with Crippen molar-refractivity contribution in [2.45, 2.75) is 13.5 Å². The van der Waals surface area contributed by atoms with Crippen molar-refractivity contribution < 1.29 is 19.1 Å². The first-order valence-corrected chi connectivity index (χ1v) is 9.82. The number of fused-ring (bicyclic) bond motifs is 1. The van der Waals surface area contributed by atoms with Gasteiger partial charge < -0.3 is 14.8 Å². The molecule has 3 amide bonds. The molecule has 7 heteroatoms. The molecule has 0 radical (unpaired) electrons. The number of hydrogen-bond acceptors (Lipinski definition) is 4. The molecule has 0 bridgehead atoms. The summed E-state index contributed by atoms with van der Waals surface area (Å²) in [6.45, 7) is 2.60. The van der Waals surface area contributed by atoms with Crippen molar-refractivity contribution in [3.05, 3.63) is 76.4 Å². The molecule has 6 nitrogen and oxygen atoms in total. The molecule has 0 aromatic heterocycles. The van der Waals surface area contributed by atoms with Crippen LogP contribution in [0.25, 0.3) is 16.8 Å². The Morgan fingerprint density at radius 2 is 1.77 bits per heavy atom. The third kappa shape index (κ3) is 4.23. The van der Waals surface area contributed by atoms with Gasteiger partial charge in [0.2, 0.25) is 0 Å². The van der Waals surface area contributed by atoms with Gasteiger partial charge in [-0.1, -0.05) is 48.0 Å². The lowest BCUT2D eigenvalue weighted by Gasteiger charge is -2.15. The Morgan fingerprint density at radius 1 is 0.967 bits per heavy atom. The minimum Gasteiger partial charge on any atom is -0.490 e. The van der Waals surface area contributed by atoms with E-state index in [4.69, 9.17) is 21.1 Å². The standard InChI is InChI=1S/C23H19ClN2O4/c1-2-29-20-12-15(11-19-22(27)26-23(28)25-19)10-18(24)21(20)30-13-14-7-8-16-5-3-4-6-17(16)9-14/h3-12H,2,13H2,1H3,(H2,25,26,27,28)/b19-11+. The SMILES string of the molecule is CCOc1cc(/C=C2/NC(=O)NC2=O)cc(Cl)c1OCc1ccc2ccccc2c1. The summed E-state index contributed by atoms with van der Waals surface area (Å²) in [6, 6.07) is 17.1. The van der Waals surface area contributed by atoms with Crippen molar-refractivity contribution in [3.8, 4) is 11.5 Å². The zero-order valence-electron chi connectivity index (χ0n) is 16.2. The number of urea groups is 1. The molecule has 1 aliphatic heterocycles. The number of ether oxygens (including phenoxy) is 2. The number of carbonyl (C=O) groups is 2. The number of nitrogens with one attached hydrogen (secondary N) is 2. The fraction of sp³-hybridized carbons (Fsp3) is 0.130. The number of benzene rings is 3. The van der Waals surface area contributed by atoms with Gasteiger partial charge >= 0.3 is 6.03 Å². The second kappa shape index (κ2) is 8.47. The molecule has 152 valence electrons. The van der Waals surface area contributed by atoms with E-state index >= 15 is 0 Å². The van der Waals surface area contributed by atoms with E-state index in [1.165, 1.54) is 6.08 Å². The molecule has 3 aromatic rings. The summed E-state index contributed by atoms with van der Waals surface area (Å²) in [4.78, 5) is 23.0. The summed E-state index contributed by atoms with van der Waals surface area (Å²) in [5, 5.41) is 7.24. The maximum absolute atomic E-state index is 11.8. The van der Waals surface area contributed by atoms with Gasteiger partial charge in [-0.3, -0.25) is 10.1 Å². The zero-order valence-corrected chi connectivity index (χ0v) is 17.0. The van der Waals surface area contributed by atoms with Crippen LogP contribution >= 0.6 is 11.6 Å². The van der Waals surface area contributed by atoms with E-state index in [0.29, 0.717) is 35.3 Å². The quantitative estimate of drug-likeness (QED) is 0.447. The lowest BCUT2D eigenvalue weighted by atomic mass is 10.1. The highest BCUT2D eigenvalue weighted by Crippen LogP contribution is 2.38. The smallest absolute Gasteiger partial charge is 0.326 e. The molecule has 1 saturated heterocycles. The number of rotatable bonds is 6. The van der Waals surface area contributed by atoms with Crippen molar-refractivity contribution in [3.63, 3.8) is 0 Å². The molecular formula is C23H19ClN2O4. The topological polar surface area (TPSA) is 76.7 Å². The third-order valence-corrected chi connectivity index (χ3v) is 4.84. The van der Waals surface area contributed by atoms with E-state index in [1.807, 2.05) is 25.1 Å². The summed E-state index contributed by atoms with van der Waals surface area (Å²) < 4.78 is 11.7. The highest BCUT2D eigenvalue weighted by Gasteiger charge is 2.23. The molecule has 30 heavy (non-hydrogen) atoms. The Bertz CT molecular complexity index is 1170. The van der Waals surface area contributed by atoms with Gasteiger partial charge in [-0.15, -0.1) is 0 Å². The largest absolute Gasteiger partial charge is 0.490 e. The molecule has 1 heterocycles. The Labute approximate surface area is 178 Å². The molecule has 0 atom stereocenters. The van der Waals surface area contributed by atoms with Gasteiger partial charge in [0.05, 0.1) is 11.6 Å². The molecule has 0 saturated carbocycles. The van der Waals surface area contributed by atoms with Crippen LogP contribution in [0.5, 0.6) is 11.5 Å². The summed E-state index contributed by atoms with van der Waals surface area (Å²) in [5.74, 6) is 0.391. The number of hydrogen-bond donors (Lipinski definition) is 2. The van der Waals surface area contributed by atoms with E-state index in [1.54, 1.807) is 12.1 Å². The van der Waals surface area contributed by atoms with Gasteiger partial charge in [0.1, 0.15) is 12.3 Å². The number of halogens is 1. The monoisotopic (exact) mass is 422 g/mol. The fourth-order valence-electron chi connectivity index (χ4n) is 3.21. The van der Waals surface area contributed by atoms with Gasteiger partial charge in [-0.2, -0.15) is 0 Å². The van der Waals surface area contributed by atoms with Crippen molar-refractivity contribution in [2.75, 3.05) is 6.61 Å². The van der Waals surface area contributed by atoms with Crippen molar-refractivity contribution in [1.82, 2.24) is 10.6 Å². The van der Waals surface area contributed by atoms with E-state index < -0.39 is 11.9 Å². The van der Waals surface area contributed by atoms with E-state index in [2.05, 4.69) is 34.9 Å². The third-order valence-electron chi connectivity index (χ3n) is 4.56. The average Bonchev–Trinajstić information content (AvgIpc) is 3.04. The second-order valence-corrected chi connectivity index (χ2v) is 7.11. The minimum absolute atomic E-state index is 0.142. The second-order valence-electron chi connectivity index (χ2n) is 6.70. The first-order chi connectivity index (χ1) is 14.5. The normalized spacial score (nSPS) is 14.7. The lowest BCUT2D eigenvalue weighted by molar-refractivity contribution is -0.115. The minimum atomic E-state index is -0.558. The number of carbonyl (C=O) groups excluding carboxylic acids is 2. The van der Waals surface area contributed by atoms with Gasteiger partial charge in [0.15, 0.2) is 11.5 Å². The highest BCUT2D eigenvalue weighted by atomic mass is 35.5. The highest BCUT2D eigenvalue weighted by molar-refractivity contribution is 6.32. The van der Waals surface area contributed by atoms with Crippen LogP contribution in [0.4, 0.5) is 4.79 Å². The van der Waals surface area contributed by atoms with Crippen molar-refractivity contribution in [1.29, 1.82) is 0 Å². The van der Waals surface area contributed by atoms with E-state index in [0.717, 1.165) is 16.3 Å². The Balaban J connectivity index is 1.59. The molecule has 4 rings (SSSR count). The Kier molecular flexibility index (Phi) is 5.59. The van der Waals surface area contributed by atoms with Crippen molar-refractivity contribution in [2.24, 2.45) is 0 Å². The Morgan fingerprint density at radius 3 is 2.50 bits per heavy atom. The van der Waals surface area contributed by atoms with Crippen molar-refractivity contribution >= 4 is 40.4 Å². The van der Waals surface area contributed by atoms with Gasteiger partial charge in [-0.05, 0) is 53.1 Å². The number of amides is 3. The molecule has 1 aliphatic rings. The van der Waals surface area contributed by atoms with Crippen LogP contribution in [0.15, 0.2) is 60.3 Å². The summed E-state index contributed by atoms with van der Waals surface area (Å²) in [5.41, 5.74) is 1.75. The van der Waals surface area contributed by atoms with E-state index in [9.17, 15) is 9.59 Å². The molecule has 1 fully saturated rings. The summed E-state index contributed by atoms with van der Waals surface area (Å²) >= 11 is 6.46. The average molecular weight is 423 g/mol. The fourth-order valence-corrected chi connectivity index (χ4v) is 3.48. The molecule has 0 aliphatic carbocycles. The Hall–Kier alpha value is -3.51. The van der Waals surface area contributed by atoms with Crippen LogP contribution < -0.4 is 20.1 Å². The van der Waals surface area contributed by atoms with Crippen LogP contribution in [0.2, 0.25) is 5.02 Å². The molecule has 3 aromatic carbocycles. The molecule has 0 unspecified atom stereocenters. The van der Waals surface area contributed by atoms with Gasteiger partial charge in [0, 0.05) is 0 Å². The van der Waals surface area contributed by atoms with Gasteiger partial charge in [0.25, 0.3) is 5.91 Å². The van der Waals surface area contributed by atoms with Crippen LogP contribution in [0.3, 0.4) is 0 Å². The maximum atomic E-state index is 11.8. The lowest BCUT2D eigenvalue weighted by Crippen LogP contribution is -2.22. The van der Waals surface area contributed by atoms with Crippen LogP contribution in [-0.2, 0) is 11.4 Å². The summed E-state index contributed by atoms with van der Waals surface area (Å²) in [6.07, 6.45) is 1.53. The first-order valence-electron chi connectivity index (χ1n) is 9.44. The predicted octanol–water partition coefficient (Wildman–Crippen LogP) is 4.65. The molecular weight excluding hydrogens is 404 g/mol. The molecule has 2 N–H and O–H groups in total. The maximum Gasteiger partial charge on any atom is 0.326 e. The van der Waals surface area contributed by atoms with Crippen LogP contribution in [0, 0.1) is 0 Å². The molecule has 0 spiro atoms. The van der Waals surface area contributed by atoms with E-state index in [-0.39, 0.29) is 5.70 Å². The zero-order chi connectivity index (χ0) is 21.1. The number of imide groups is 1. The predicted molar refractivity (Wildman–Crippen MR) is 116 cm³/mol. The van der Waals surface area contributed by atoms with Gasteiger partial charge in [-0.25, -0.2) is 4.79 Å². The first kappa shape index (κ1) is 19.8. The summed E-state index contributed by atoms with van der Waals surface area (Å²) in [7, 11) is 0. The van der Waals surface area contributed by atoms with Crippen LogP contribution in [0.1, 0.15) is 18.1 Å². The van der Waals surface area contributed by atoms with Crippen LogP contribution in [-0.4, -0.2) is 18.5 Å².